The Morgan fingerprint density at radius 2 is 0.717 bits per heavy atom. The molecule has 0 heterocycles. The Morgan fingerprint density at radius 3 is 1.02 bits per heavy atom. The number of primary amides is 1. The molecule has 0 rings (SSSR count). The van der Waals surface area contributed by atoms with Gasteiger partial charge in [0.15, 0.2) is 0 Å². The summed E-state index contributed by atoms with van der Waals surface area (Å²) in [6, 6.07) is 0. The predicted octanol–water partition coefficient (Wildman–Crippen LogP) is -5.42. The number of nitrogens with one attached hydrogen (secondary N) is 3. The maximum Gasteiger partial charge on any atom is 0.242 e. The van der Waals surface area contributed by atoms with Crippen LogP contribution in [0.2, 0.25) is 0 Å². The van der Waals surface area contributed by atoms with Crippen LogP contribution in [0.3, 0.4) is 0 Å². The zero-order valence-corrected chi connectivity index (χ0v) is 27.5. The predicted molar refractivity (Wildman–Crippen MR) is 164 cm³/mol. The standard InChI is InChI=1S/C27H46N10O9/c1-18(2)29-10-22(41)34(5)14-26(45)36(7)17-25(44)33(4)13-21(40)31-11-23(42)35(6)15-27(46)37(8)16-24(43)32(3)12-20(39)30-9-19(28)38/h29H,1,9-17H2,2-8H3,(H2,28,38)(H,30,39)(H,31,40). The summed E-state index contributed by atoms with van der Waals surface area (Å²) in [6.07, 6.45) is 0. The van der Waals surface area contributed by atoms with Crippen molar-refractivity contribution < 1.29 is 43.2 Å². The molecule has 0 aromatic heterocycles. The minimum atomic E-state index is -0.745. The molecule has 5 N–H and O–H groups in total. The van der Waals surface area contributed by atoms with E-state index < -0.39 is 66.9 Å². The van der Waals surface area contributed by atoms with E-state index in [0.717, 1.165) is 24.5 Å². The van der Waals surface area contributed by atoms with Gasteiger partial charge in [0, 0.05) is 48.0 Å². The van der Waals surface area contributed by atoms with E-state index in [1.54, 1.807) is 6.92 Å². The fraction of sp³-hybridized carbons (Fsp3) is 0.593. The fourth-order valence-electron chi connectivity index (χ4n) is 3.22. The smallest absolute Gasteiger partial charge is 0.242 e. The van der Waals surface area contributed by atoms with Crippen LogP contribution < -0.4 is 21.7 Å². The number of rotatable bonds is 19. The zero-order chi connectivity index (χ0) is 35.7. The largest absolute Gasteiger partial charge is 0.380 e. The van der Waals surface area contributed by atoms with Crippen LogP contribution in [0.25, 0.3) is 0 Å². The molecular weight excluding hydrogens is 608 g/mol. The second-order valence-electron chi connectivity index (χ2n) is 10.7. The average Bonchev–Trinajstić information content (AvgIpc) is 2.96. The van der Waals surface area contributed by atoms with Gasteiger partial charge in [-0.05, 0) is 6.92 Å². The van der Waals surface area contributed by atoms with Crippen LogP contribution in [0, 0.1) is 0 Å². The van der Waals surface area contributed by atoms with Crippen LogP contribution in [-0.4, -0.2) is 184 Å². The van der Waals surface area contributed by atoms with E-state index in [1.165, 1.54) is 47.2 Å². The number of amides is 9. The van der Waals surface area contributed by atoms with E-state index in [2.05, 4.69) is 22.5 Å². The van der Waals surface area contributed by atoms with Crippen molar-refractivity contribution in [2.45, 2.75) is 6.92 Å². The highest BCUT2D eigenvalue weighted by Crippen LogP contribution is 1.96. The normalized spacial score (nSPS) is 10.1. The van der Waals surface area contributed by atoms with Gasteiger partial charge in [-0.2, -0.15) is 0 Å². The fourth-order valence-corrected chi connectivity index (χ4v) is 3.22. The number of nitrogens with two attached hydrogens (primary N) is 1. The van der Waals surface area contributed by atoms with Gasteiger partial charge in [-0.15, -0.1) is 0 Å². The molecule has 0 aliphatic rings. The molecule has 0 aromatic carbocycles. The third kappa shape index (κ3) is 16.6. The number of hydrogen-bond acceptors (Lipinski definition) is 10. The SMILES string of the molecule is C=C(C)NCC(=O)N(C)CC(=O)N(C)CC(=O)N(C)CC(=O)NCC(=O)N(C)CC(=O)N(C)CC(=O)N(C)CC(=O)NCC(N)=O. The first-order chi connectivity index (χ1) is 21.2. The van der Waals surface area contributed by atoms with Crippen LogP contribution in [0.1, 0.15) is 6.92 Å². The maximum absolute atomic E-state index is 12.5. The number of hydrogen-bond donors (Lipinski definition) is 4. The minimum absolute atomic E-state index is 0.0327. The third-order valence-corrected chi connectivity index (χ3v) is 6.24. The lowest BCUT2D eigenvalue weighted by Gasteiger charge is -2.25. The molecule has 0 saturated heterocycles. The minimum Gasteiger partial charge on any atom is -0.380 e. The van der Waals surface area contributed by atoms with Gasteiger partial charge in [-0.1, -0.05) is 6.58 Å². The summed E-state index contributed by atoms with van der Waals surface area (Å²) in [4.78, 5) is 116. The van der Waals surface area contributed by atoms with E-state index in [-0.39, 0.29) is 45.2 Å². The molecule has 0 spiro atoms. The lowest BCUT2D eigenvalue weighted by atomic mass is 10.3. The van der Waals surface area contributed by atoms with Gasteiger partial charge in [-0.25, -0.2) is 0 Å². The molecule has 0 bridgehead atoms. The molecule has 0 aliphatic heterocycles. The highest BCUT2D eigenvalue weighted by molar-refractivity contribution is 5.93. The maximum atomic E-state index is 12.5. The summed E-state index contributed by atoms with van der Waals surface area (Å²) in [5.74, 6) is -5.22. The van der Waals surface area contributed by atoms with Gasteiger partial charge in [0.1, 0.15) is 0 Å². The van der Waals surface area contributed by atoms with Crippen LogP contribution in [0.4, 0.5) is 0 Å². The second kappa shape index (κ2) is 19.9. The number of carbonyl (C=O) groups is 9. The van der Waals surface area contributed by atoms with Crippen molar-refractivity contribution in [1.29, 1.82) is 0 Å². The third-order valence-electron chi connectivity index (χ3n) is 6.24. The van der Waals surface area contributed by atoms with E-state index >= 15 is 0 Å². The highest BCUT2D eigenvalue weighted by Gasteiger charge is 2.23. The average molecular weight is 655 g/mol. The van der Waals surface area contributed by atoms with Gasteiger partial charge in [0.2, 0.25) is 53.2 Å². The molecule has 46 heavy (non-hydrogen) atoms. The van der Waals surface area contributed by atoms with Crippen molar-refractivity contribution in [2.24, 2.45) is 5.73 Å². The highest BCUT2D eigenvalue weighted by atomic mass is 16.2. The Bertz CT molecular complexity index is 1190. The lowest BCUT2D eigenvalue weighted by molar-refractivity contribution is -0.143. The van der Waals surface area contributed by atoms with Crippen molar-refractivity contribution in [3.05, 3.63) is 12.3 Å². The summed E-state index contributed by atoms with van der Waals surface area (Å²) < 4.78 is 0. The first kappa shape index (κ1) is 40.8. The van der Waals surface area contributed by atoms with Crippen LogP contribution >= 0.6 is 0 Å². The molecule has 0 radical (unpaired) electrons. The summed E-state index contributed by atoms with van der Waals surface area (Å²) in [7, 11) is 8.16. The van der Waals surface area contributed by atoms with Crippen molar-refractivity contribution in [1.82, 2.24) is 45.3 Å². The molecule has 258 valence electrons. The lowest BCUT2D eigenvalue weighted by Crippen LogP contribution is -2.49. The van der Waals surface area contributed by atoms with Crippen molar-refractivity contribution in [2.75, 3.05) is 101 Å². The quantitative estimate of drug-likeness (QED) is 0.103. The van der Waals surface area contributed by atoms with E-state index in [1.807, 2.05) is 0 Å². The number of nitrogens with zero attached hydrogens (tertiary/aromatic N) is 6. The van der Waals surface area contributed by atoms with Gasteiger partial charge in [0.25, 0.3) is 0 Å². The molecule has 0 aliphatic carbocycles. The Kier molecular flexibility index (Phi) is 17.7. The molecule has 0 unspecified atom stereocenters. The Balaban J connectivity index is 4.61. The molecule has 0 aromatic rings. The van der Waals surface area contributed by atoms with Crippen molar-refractivity contribution in [3.8, 4) is 0 Å². The molecule has 0 saturated carbocycles. The first-order valence-electron chi connectivity index (χ1n) is 13.9. The van der Waals surface area contributed by atoms with Gasteiger partial charge in [0.05, 0.1) is 58.9 Å². The van der Waals surface area contributed by atoms with Gasteiger partial charge >= 0.3 is 0 Å². The van der Waals surface area contributed by atoms with Crippen LogP contribution in [-0.2, 0) is 43.2 Å². The first-order valence-corrected chi connectivity index (χ1v) is 13.9. The molecule has 19 heteroatoms. The van der Waals surface area contributed by atoms with E-state index in [0.29, 0.717) is 5.70 Å². The van der Waals surface area contributed by atoms with Crippen molar-refractivity contribution in [3.63, 3.8) is 0 Å². The topological polar surface area (TPSA) is 235 Å². The Labute approximate surface area is 268 Å². The zero-order valence-electron chi connectivity index (χ0n) is 27.5. The summed E-state index contributed by atoms with van der Waals surface area (Å²) in [5, 5.41) is 7.36. The molecule has 19 nitrogen and oxygen atoms in total. The Hall–Kier alpha value is -5.23. The number of allylic oxidation sites excluding steroid dienone is 1. The summed E-state index contributed by atoms with van der Waals surface area (Å²) >= 11 is 0. The summed E-state index contributed by atoms with van der Waals surface area (Å²) in [5.41, 5.74) is 5.54. The molecule has 0 fully saturated rings. The molecule has 0 atom stereocenters. The van der Waals surface area contributed by atoms with Crippen molar-refractivity contribution >= 4 is 53.2 Å². The monoisotopic (exact) mass is 654 g/mol. The van der Waals surface area contributed by atoms with Crippen LogP contribution in [0.15, 0.2) is 12.3 Å². The number of carbonyl (C=O) groups excluding carboxylic acids is 9. The Morgan fingerprint density at radius 1 is 0.457 bits per heavy atom. The van der Waals surface area contributed by atoms with Gasteiger partial charge in [-0.3, -0.25) is 43.2 Å². The molecule has 9 amide bonds. The second-order valence-corrected chi connectivity index (χ2v) is 10.7. The molecular formula is C27H46N10O9. The number of likely N-dealkylation sites (N-methyl/N-ethyl adjacent to an activating group) is 6. The summed E-state index contributed by atoms with van der Waals surface area (Å²) in [6.45, 7) is 2.23. The van der Waals surface area contributed by atoms with E-state index in [4.69, 9.17) is 5.73 Å². The van der Waals surface area contributed by atoms with Gasteiger partial charge < -0.3 is 51.1 Å². The van der Waals surface area contributed by atoms with Crippen LogP contribution in [0.5, 0.6) is 0 Å². The van der Waals surface area contributed by atoms with E-state index in [9.17, 15) is 43.2 Å².